The molecule has 0 saturated heterocycles. The molecule has 8 nitrogen and oxygen atoms in total. The lowest BCUT2D eigenvalue weighted by molar-refractivity contribution is -0.119. The van der Waals surface area contributed by atoms with Crippen molar-refractivity contribution in [3.05, 3.63) is 82.9 Å². The number of hydrazone groups is 1. The second-order valence-corrected chi connectivity index (χ2v) is 9.35. The van der Waals surface area contributed by atoms with Crippen molar-refractivity contribution >= 4 is 39.4 Å². The molecule has 0 fully saturated rings. The first-order valence-electron chi connectivity index (χ1n) is 10.2. The van der Waals surface area contributed by atoms with Crippen molar-refractivity contribution in [3.8, 4) is 11.5 Å². The van der Waals surface area contributed by atoms with Gasteiger partial charge in [-0.25, -0.2) is 13.8 Å². The average molecular weight is 502 g/mol. The van der Waals surface area contributed by atoms with E-state index in [-0.39, 0.29) is 4.90 Å². The Hall–Kier alpha value is -3.56. The van der Waals surface area contributed by atoms with E-state index in [0.29, 0.717) is 33.3 Å². The number of carbonyl (C=O) groups is 1. The van der Waals surface area contributed by atoms with Gasteiger partial charge in [-0.1, -0.05) is 41.9 Å². The molecular weight excluding hydrogens is 478 g/mol. The second kappa shape index (κ2) is 11.0. The molecule has 3 rings (SSSR count). The molecule has 0 bridgehead atoms. The molecule has 34 heavy (non-hydrogen) atoms. The lowest BCUT2D eigenvalue weighted by Gasteiger charge is -2.25. The van der Waals surface area contributed by atoms with Gasteiger partial charge in [0, 0.05) is 10.6 Å². The minimum atomic E-state index is -4.06. The lowest BCUT2D eigenvalue weighted by atomic mass is 10.2. The normalized spacial score (nSPS) is 11.3. The van der Waals surface area contributed by atoms with Crippen molar-refractivity contribution in [1.82, 2.24) is 5.43 Å². The van der Waals surface area contributed by atoms with E-state index in [1.165, 1.54) is 32.6 Å². The topological polar surface area (TPSA) is 97.3 Å². The minimum absolute atomic E-state index is 0.0480. The van der Waals surface area contributed by atoms with E-state index in [2.05, 4.69) is 10.5 Å². The molecule has 0 aliphatic rings. The predicted octanol–water partition coefficient (Wildman–Crippen LogP) is 4.01. The number of methoxy groups -OCH3 is 2. The van der Waals surface area contributed by atoms with Crippen LogP contribution in [0, 0.1) is 6.92 Å². The maximum absolute atomic E-state index is 13.4. The molecule has 0 spiro atoms. The fourth-order valence-corrected chi connectivity index (χ4v) is 4.91. The zero-order valence-electron chi connectivity index (χ0n) is 18.9. The number of sulfonamides is 1. The predicted molar refractivity (Wildman–Crippen MR) is 132 cm³/mol. The number of hydrogen-bond acceptors (Lipinski definition) is 6. The number of ether oxygens (including phenoxy) is 2. The number of nitrogens with one attached hydrogen (secondary N) is 1. The maximum atomic E-state index is 13.4. The van der Waals surface area contributed by atoms with Crippen LogP contribution in [0.4, 0.5) is 5.69 Å². The van der Waals surface area contributed by atoms with Gasteiger partial charge >= 0.3 is 0 Å². The van der Waals surface area contributed by atoms with Crippen molar-refractivity contribution in [2.24, 2.45) is 5.10 Å². The summed E-state index contributed by atoms with van der Waals surface area (Å²) in [5.41, 5.74) is 3.77. The number of rotatable bonds is 9. The number of hydrogen-bond donors (Lipinski definition) is 1. The molecule has 0 radical (unpaired) electrons. The van der Waals surface area contributed by atoms with Crippen LogP contribution in [0.2, 0.25) is 5.02 Å². The van der Waals surface area contributed by atoms with Gasteiger partial charge in [-0.05, 0) is 48.9 Å². The Kier molecular flexibility index (Phi) is 8.14. The zero-order chi connectivity index (χ0) is 24.7. The van der Waals surface area contributed by atoms with E-state index in [0.717, 1.165) is 4.31 Å². The monoisotopic (exact) mass is 501 g/mol. The minimum Gasteiger partial charge on any atom is -0.493 e. The van der Waals surface area contributed by atoms with Crippen LogP contribution in [0.1, 0.15) is 11.1 Å². The van der Waals surface area contributed by atoms with E-state index in [4.69, 9.17) is 21.1 Å². The molecule has 3 aromatic rings. The Morgan fingerprint density at radius 1 is 1.03 bits per heavy atom. The first-order chi connectivity index (χ1) is 16.3. The third-order valence-electron chi connectivity index (χ3n) is 4.95. The van der Waals surface area contributed by atoms with Crippen LogP contribution in [0.3, 0.4) is 0 Å². The van der Waals surface area contributed by atoms with Gasteiger partial charge in [0.1, 0.15) is 6.54 Å². The van der Waals surface area contributed by atoms with Crippen LogP contribution in [-0.2, 0) is 14.8 Å². The summed E-state index contributed by atoms with van der Waals surface area (Å²) >= 11 is 6.23. The third kappa shape index (κ3) is 5.49. The van der Waals surface area contributed by atoms with Crippen molar-refractivity contribution < 1.29 is 22.7 Å². The van der Waals surface area contributed by atoms with Gasteiger partial charge < -0.3 is 9.47 Å². The molecule has 0 atom stereocenters. The molecular formula is C24H24ClN3O5S. The SMILES string of the molecule is COc1cccc(/C=N\NC(=O)CN(c2cccc(Cl)c2C)S(=O)(=O)c2ccccc2)c1OC. The lowest BCUT2D eigenvalue weighted by Crippen LogP contribution is -2.40. The van der Waals surface area contributed by atoms with E-state index >= 15 is 0 Å². The number of amides is 1. The highest BCUT2D eigenvalue weighted by atomic mass is 35.5. The zero-order valence-corrected chi connectivity index (χ0v) is 20.4. The smallest absolute Gasteiger partial charge is 0.264 e. The quantitative estimate of drug-likeness (QED) is 0.353. The largest absolute Gasteiger partial charge is 0.493 e. The number of para-hydroxylation sites is 1. The van der Waals surface area contributed by atoms with Crippen LogP contribution >= 0.6 is 11.6 Å². The molecule has 0 aliphatic heterocycles. The van der Waals surface area contributed by atoms with Gasteiger partial charge in [0.2, 0.25) is 0 Å². The summed E-state index contributed by atoms with van der Waals surface area (Å²) in [6.07, 6.45) is 1.39. The molecule has 1 amide bonds. The van der Waals surface area contributed by atoms with Crippen molar-refractivity contribution in [2.75, 3.05) is 25.1 Å². The number of halogens is 1. The summed E-state index contributed by atoms with van der Waals surface area (Å²) in [6.45, 7) is 1.18. The fraction of sp³-hybridized carbons (Fsp3) is 0.167. The van der Waals surface area contributed by atoms with E-state index < -0.39 is 22.5 Å². The van der Waals surface area contributed by atoms with Gasteiger partial charge in [0.25, 0.3) is 15.9 Å². The van der Waals surface area contributed by atoms with Gasteiger partial charge in [0.15, 0.2) is 11.5 Å². The first kappa shape index (κ1) is 25.1. The van der Waals surface area contributed by atoms with E-state index in [9.17, 15) is 13.2 Å². The van der Waals surface area contributed by atoms with Crippen LogP contribution in [-0.4, -0.2) is 41.3 Å². The number of anilines is 1. The molecule has 1 N–H and O–H groups in total. The van der Waals surface area contributed by atoms with Crippen molar-refractivity contribution in [1.29, 1.82) is 0 Å². The molecule has 3 aromatic carbocycles. The van der Waals surface area contributed by atoms with Gasteiger partial charge in [-0.3, -0.25) is 9.10 Å². The highest BCUT2D eigenvalue weighted by Gasteiger charge is 2.28. The average Bonchev–Trinajstić information content (AvgIpc) is 2.84. The number of carbonyl (C=O) groups excluding carboxylic acids is 1. The summed E-state index contributed by atoms with van der Waals surface area (Å²) in [4.78, 5) is 12.8. The molecule has 10 heteroatoms. The highest BCUT2D eigenvalue weighted by molar-refractivity contribution is 7.92. The maximum Gasteiger partial charge on any atom is 0.264 e. The Morgan fingerprint density at radius 2 is 1.74 bits per heavy atom. The number of benzene rings is 3. The molecule has 0 saturated carbocycles. The van der Waals surface area contributed by atoms with Crippen LogP contribution in [0.15, 0.2) is 76.7 Å². The van der Waals surface area contributed by atoms with Gasteiger partial charge in [-0.2, -0.15) is 5.10 Å². The summed E-state index contributed by atoms with van der Waals surface area (Å²) in [5, 5.41) is 4.34. The highest BCUT2D eigenvalue weighted by Crippen LogP contribution is 2.31. The second-order valence-electron chi connectivity index (χ2n) is 7.08. The molecule has 0 aromatic heterocycles. The Labute approximate surface area is 203 Å². The Morgan fingerprint density at radius 3 is 2.41 bits per heavy atom. The first-order valence-corrected chi connectivity index (χ1v) is 12.0. The standard InChI is InChI=1S/C24H24ClN3O5S/c1-17-20(25)12-8-13-21(17)28(34(30,31)19-10-5-4-6-11-19)16-23(29)27-26-15-18-9-7-14-22(32-2)24(18)33-3/h4-15H,16H2,1-3H3,(H,27,29)/b26-15-. The van der Waals surface area contributed by atoms with Crippen LogP contribution in [0.25, 0.3) is 0 Å². The van der Waals surface area contributed by atoms with Gasteiger partial charge in [-0.15, -0.1) is 0 Å². The van der Waals surface area contributed by atoms with Crippen LogP contribution in [0.5, 0.6) is 11.5 Å². The van der Waals surface area contributed by atoms with E-state index in [1.807, 2.05) is 0 Å². The third-order valence-corrected chi connectivity index (χ3v) is 7.14. The summed E-state index contributed by atoms with van der Waals surface area (Å²) in [7, 11) is -1.05. The summed E-state index contributed by atoms with van der Waals surface area (Å²) in [5.74, 6) is 0.317. The van der Waals surface area contributed by atoms with Gasteiger partial charge in [0.05, 0.1) is 31.0 Å². The summed E-state index contributed by atoms with van der Waals surface area (Å²) < 4.78 is 38.4. The molecule has 0 unspecified atom stereocenters. The molecule has 178 valence electrons. The molecule has 0 heterocycles. The van der Waals surface area contributed by atoms with Crippen molar-refractivity contribution in [3.63, 3.8) is 0 Å². The summed E-state index contributed by atoms with van der Waals surface area (Å²) in [6, 6.07) is 18.0. The van der Waals surface area contributed by atoms with Crippen LogP contribution < -0.4 is 19.2 Å². The Bertz CT molecular complexity index is 1300. The fourth-order valence-electron chi connectivity index (χ4n) is 3.24. The van der Waals surface area contributed by atoms with E-state index in [1.54, 1.807) is 61.5 Å². The molecule has 0 aliphatic carbocycles. The Balaban J connectivity index is 1.88. The van der Waals surface area contributed by atoms with Crippen molar-refractivity contribution in [2.45, 2.75) is 11.8 Å². The number of nitrogens with zero attached hydrogens (tertiary/aromatic N) is 2.